The molecule has 1 aliphatic rings. The maximum Gasteiger partial charge on any atom is 0.247 e. The van der Waals surface area contributed by atoms with Crippen molar-refractivity contribution >= 4 is 10.0 Å². The molecule has 0 saturated carbocycles. The highest BCUT2D eigenvalue weighted by Gasteiger charge is 2.37. The molecule has 2 heterocycles. The molecule has 2 unspecified atom stereocenters. The van der Waals surface area contributed by atoms with Crippen LogP contribution in [0.4, 0.5) is 0 Å². The summed E-state index contributed by atoms with van der Waals surface area (Å²) in [6.07, 6.45) is -0.112. The molecular formula is C11H20N4O3S. The second-order valence-electron chi connectivity index (χ2n) is 4.90. The highest BCUT2D eigenvalue weighted by atomic mass is 32.2. The molecule has 108 valence electrons. The van der Waals surface area contributed by atoms with E-state index in [0.717, 1.165) is 0 Å². The van der Waals surface area contributed by atoms with E-state index in [4.69, 9.17) is 10.5 Å². The van der Waals surface area contributed by atoms with E-state index >= 15 is 0 Å². The van der Waals surface area contributed by atoms with Crippen molar-refractivity contribution in [2.45, 2.75) is 44.4 Å². The van der Waals surface area contributed by atoms with Gasteiger partial charge in [0.2, 0.25) is 10.0 Å². The molecule has 1 aliphatic heterocycles. The maximum absolute atomic E-state index is 12.8. The van der Waals surface area contributed by atoms with E-state index in [0.29, 0.717) is 24.5 Å². The van der Waals surface area contributed by atoms with Gasteiger partial charge in [0.25, 0.3) is 0 Å². The monoisotopic (exact) mass is 288 g/mol. The zero-order valence-electron chi connectivity index (χ0n) is 11.4. The first kappa shape index (κ1) is 14.4. The van der Waals surface area contributed by atoms with Gasteiger partial charge in [0.15, 0.2) is 0 Å². The zero-order chi connectivity index (χ0) is 14.2. The van der Waals surface area contributed by atoms with Crippen molar-refractivity contribution in [2.75, 3.05) is 13.2 Å². The van der Waals surface area contributed by atoms with Crippen molar-refractivity contribution in [1.82, 2.24) is 14.5 Å². The molecule has 8 heteroatoms. The van der Waals surface area contributed by atoms with Crippen molar-refractivity contribution in [3.05, 3.63) is 11.4 Å². The Morgan fingerprint density at radius 3 is 2.84 bits per heavy atom. The van der Waals surface area contributed by atoms with E-state index in [-0.39, 0.29) is 23.6 Å². The Kier molecular flexibility index (Phi) is 3.95. The van der Waals surface area contributed by atoms with Gasteiger partial charge in [-0.15, -0.1) is 0 Å². The van der Waals surface area contributed by atoms with Gasteiger partial charge in [-0.05, 0) is 20.8 Å². The number of aryl methyl sites for hydroxylation is 1. The molecule has 1 aromatic rings. The molecule has 0 radical (unpaired) electrons. The van der Waals surface area contributed by atoms with Crippen LogP contribution in [0, 0.1) is 6.92 Å². The van der Waals surface area contributed by atoms with Crippen LogP contribution in [0.25, 0.3) is 0 Å². The van der Waals surface area contributed by atoms with Gasteiger partial charge in [-0.25, -0.2) is 8.42 Å². The van der Waals surface area contributed by atoms with Crippen molar-refractivity contribution in [1.29, 1.82) is 0 Å². The Morgan fingerprint density at radius 1 is 1.53 bits per heavy atom. The molecule has 1 aromatic heterocycles. The first-order chi connectivity index (χ1) is 8.87. The number of ether oxygens (including phenoxy) is 1. The summed E-state index contributed by atoms with van der Waals surface area (Å²) < 4.78 is 32.5. The van der Waals surface area contributed by atoms with E-state index in [2.05, 4.69) is 10.2 Å². The van der Waals surface area contributed by atoms with Crippen molar-refractivity contribution in [3.63, 3.8) is 0 Å². The Morgan fingerprint density at radius 2 is 2.21 bits per heavy atom. The molecular weight excluding hydrogens is 268 g/mol. The lowest BCUT2D eigenvalue weighted by Gasteiger charge is -2.35. The minimum absolute atomic E-state index is 0.0905. The second-order valence-corrected chi connectivity index (χ2v) is 6.72. The fourth-order valence-electron chi connectivity index (χ4n) is 2.27. The summed E-state index contributed by atoms with van der Waals surface area (Å²) in [4.78, 5) is 0.205. The quantitative estimate of drug-likeness (QED) is 0.813. The van der Waals surface area contributed by atoms with Crippen LogP contribution in [-0.4, -0.2) is 48.2 Å². The van der Waals surface area contributed by atoms with Crippen molar-refractivity contribution in [2.24, 2.45) is 5.73 Å². The summed E-state index contributed by atoms with van der Waals surface area (Å²) in [6.45, 7) is 6.22. The summed E-state index contributed by atoms with van der Waals surface area (Å²) in [5, 5.41) is 6.64. The number of aromatic amines is 1. The van der Waals surface area contributed by atoms with Gasteiger partial charge in [0.05, 0.1) is 24.1 Å². The van der Waals surface area contributed by atoms with Crippen molar-refractivity contribution in [3.8, 4) is 0 Å². The minimum Gasteiger partial charge on any atom is -0.375 e. The van der Waals surface area contributed by atoms with Crippen LogP contribution in [0.3, 0.4) is 0 Å². The highest BCUT2D eigenvalue weighted by Crippen LogP contribution is 2.26. The number of nitrogens with two attached hydrogens (primary N) is 1. The predicted octanol–water partition coefficient (Wildman–Crippen LogP) is -0.0253. The summed E-state index contributed by atoms with van der Waals surface area (Å²) >= 11 is 0. The molecule has 19 heavy (non-hydrogen) atoms. The van der Waals surface area contributed by atoms with Gasteiger partial charge in [0, 0.05) is 19.1 Å². The Labute approximate surface area is 113 Å². The third kappa shape index (κ3) is 2.53. The van der Waals surface area contributed by atoms with Crippen LogP contribution >= 0.6 is 0 Å². The topological polar surface area (TPSA) is 101 Å². The number of H-pyrrole nitrogens is 1. The highest BCUT2D eigenvalue weighted by molar-refractivity contribution is 7.89. The number of aromatic nitrogens is 2. The molecule has 1 saturated heterocycles. The molecule has 2 rings (SSSR count). The van der Waals surface area contributed by atoms with Gasteiger partial charge >= 0.3 is 0 Å². The van der Waals surface area contributed by atoms with E-state index in [9.17, 15) is 8.42 Å². The van der Waals surface area contributed by atoms with Crippen LogP contribution in [0.15, 0.2) is 4.90 Å². The van der Waals surface area contributed by atoms with Gasteiger partial charge in [-0.3, -0.25) is 5.10 Å². The second kappa shape index (κ2) is 5.20. The van der Waals surface area contributed by atoms with Crippen LogP contribution in [0.2, 0.25) is 0 Å². The number of nitrogens with zero attached hydrogens (tertiary/aromatic N) is 2. The SMILES string of the molecule is Cc1[nH]nc(CN)c1S(=O)(=O)N1CC(C)OCC1C. The van der Waals surface area contributed by atoms with E-state index in [1.165, 1.54) is 4.31 Å². The maximum atomic E-state index is 12.8. The van der Waals surface area contributed by atoms with Gasteiger partial charge in [-0.1, -0.05) is 0 Å². The van der Waals surface area contributed by atoms with Crippen LogP contribution in [-0.2, 0) is 21.3 Å². The normalized spacial score (nSPS) is 25.7. The summed E-state index contributed by atoms with van der Waals surface area (Å²) in [5.74, 6) is 0. The molecule has 7 nitrogen and oxygen atoms in total. The van der Waals surface area contributed by atoms with E-state index in [1.54, 1.807) is 6.92 Å². The molecule has 0 aliphatic carbocycles. The Bertz CT molecular complexity index is 554. The average Bonchev–Trinajstić information content (AvgIpc) is 2.74. The van der Waals surface area contributed by atoms with Gasteiger partial charge in [-0.2, -0.15) is 9.40 Å². The fourth-order valence-corrected chi connectivity index (χ4v) is 4.31. The largest absolute Gasteiger partial charge is 0.375 e. The minimum atomic E-state index is -3.59. The lowest BCUT2D eigenvalue weighted by molar-refractivity contribution is -0.0170. The van der Waals surface area contributed by atoms with Gasteiger partial charge in [0.1, 0.15) is 4.90 Å². The fraction of sp³-hybridized carbons (Fsp3) is 0.727. The molecule has 2 atom stereocenters. The average molecular weight is 288 g/mol. The molecule has 0 amide bonds. The number of morpholine rings is 1. The smallest absolute Gasteiger partial charge is 0.247 e. The third-order valence-corrected chi connectivity index (χ3v) is 5.46. The first-order valence-electron chi connectivity index (χ1n) is 6.25. The Hall–Kier alpha value is -0.960. The zero-order valence-corrected chi connectivity index (χ0v) is 12.2. The van der Waals surface area contributed by atoms with Crippen LogP contribution < -0.4 is 5.73 Å². The van der Waals surface area contributed by atoms with Crippen LogP contribution in [0.5, 0.6) is 0 Å². The molecule has 0 bridgehead atoms. The van der Waals surface area contributed by atoms with Crippen molar-refractivity contribution < 1.29 is 13.2 Å². The van der Waals surface area contributed by atoms with E-state index in [1.807, 2.05) is 13.8 Å². The molecule has 0 aromatic carbocycles. The molecule has 3 N–H and O–H groups in total. The summed E-state index contributed by atoms with van der Waals surface area (Å²) in [7, 11) is -3.59. The Balaban J connectivity index is 2.44. The van der Waals surface area contributed by atoms with E-state index < -0.39 is 10.0 Å². The summed E-state index contributed by atoms with van der Waals surface area (Å²) in [5.41, 5.74) is 6.46. The number of rotatable bonds is 3. The first-order valence-corrected chi connectivity index (χ1v) is 7.69. The predicted molar refractivity (Wildman–Crippen MR) is 70.0 cm³/mol. The number of sulfonamides is 1. The van der Waals surface area contributed by atoms with Gasteiger partial charge < -0.3 is 10.5 Å². The van der Waals surface area contributed by atoms with Crippen LogP contribution in [0.1, 0.15) is 25.2 Å². The lowest BCUT2D eigenvalue weighted by Crippen LogP contribution is -2.50. The molecule has 0 spiro atoms. The summed E-state index contributed by atoms with van der Waals surface area (Å²) in [6, 6.07) is -0.193. The molecule has 1 fully saturated rings. The number of hydrogen-bond donors (Lipinski definition) is 2. The third-order valence-electron chi connectivity index (χ3n) is 3.27. The standard InChI is InChI=1S/C11H20N4O3S/c1-7-6-18-8(2)5-15(7)19(16,17)11-9(3)13-14-10(11)4-12/h7-8H,4-6,12H2,1-3H3,(H,13,14). The number of nitrogens with one attached hydrogen (secondary N) is 1. The lowest BCUT2D eigenvalue weighted by atomic mass is 10.2. The number of hydrogen-bond acceptors (Lipinski definition) is 5.